The van der Waals surface area contributed by atoms with Gasteiger partial charge < -0.3 is 10.2 Å². The molecule has 0 bridgehead atoms. The highest BCUT2D eigenvalue weighted by Crippen LogP contribution is 2.56. The first-order chi connectivity index (χ1) is 17.1. The van der Waals surface area contributed by atoms with Gasteiger partial charge in [-0.1, -0.05) is 20.8 Å². The Morgan fingerprint density at radius 3 is 2.35 bits per heavy atom. The smallest absolute Gasteiger partial charge is 0.339 e. The normalized spacial score (nSPS) is 30.1. The van der Waals surface area contributed by atoms with E-state index in [9.17, 15) is 37.6 Å². The van der Waals surface area contributed by atoms with Crippen LogP contribution in [0.1, 0.15) is 78.6 Å². The van der Waals surface area contributed by atoms with Crippen molar-refractivity contribution in [3.05, 3.63) is 0 Å². The van der Waals surface area contributed by atoms with Gasteiger partial charge in [0.05, 0.1) is 12.0 Å². The lowest BCUT2D eigenvalue weighted by Crippen LogP contribution is -2.57. The molecule has 0 aromatic rings. The maximum Gasteiger partial charge on any atom is 0.449 e. The highest BCUT2D eigenvalue weighted by molar-refractivity contribution is 5.93. The van der Waals surface area contributed by atoms with Crippen LogP contribution in [-0.2, 0) is 19.2 Å². The number of rotatable bonds is 7. The fraction of sp³-hybridized carbons (Fsp3) is 0.815. The first-order valence-corrected chi connectivity index (χ1v) is 13.3. The SMILES string of the molecule is CC(C)(C)[C@H](CC(=O)C(F)(F)F)C(=O)N1C[C@@H]2C[C@@H]2C[C@H]1C(=O)N[C@H](C#N)C[C@@H]1CCC2(CC2)CC1=O. The molecule has 0 aromatic heterocycles. The Bertz CT molecular complexity index is 1010. The molecule has 1 saturated heterocycles. The second kappa shape index (κ2) is 9.70. The predicted molar refractivity (Wildman–Crippen MR) is 127 cm³/mol. The summed E-state index contributed by atoms with van der Waals surface area (Å²) in [6.45, 7) is 5.07. The number of ketones is 2. The summed E-state index contributed by atoms with van der Waals surface area (Å²) in [4.78, 5) is 52.7. The Morgan fingerprint density at radius 1 is 1.14 bits per heavy atom. The molecular formula is C27H36F3N3O4. The zero-order valence-electron chi connectivity index (χ0n) is 21.7. The monoisotopic (exact) mass is 523 g/mol. The molecule has 1 N–H and O–H groups in total. The Labute approximate surface area is 215 Å². The maximum atomic E-state index is 13.6. The number of nitrogens with one attached hydrogen (secondary N) is 1. The van der Waals surface area contributed by atoms with E-state index in [1.165, 1.54) is 4.90 Å². The van der Waals surface area contributed by atoms with Gasteiger partial charge in [-0.15, -0.1) is 0 Å². The summed E-state index contributed by atoms with van der Waals surface area (Å²) in [6, 6.07) is 0.258. The van der Waals surface area contributed by atoms with Crippen molar-refractivity contribution in [3.8, 4) is 6.07 Å². The van der Waals surface area contributed by atoms with Crippen LogP contribution >= 0.6 is 0 Å². The molecular weight excluding hydrogens is 487 g/mol. The number of amides is 2. The van der Waals surface area contributed by atoms with E-state index in [2.05, 4.69) is 11.4 Å². The van der Waals surface area contributed by atoms with Crippen molar-refractivity contribution < 1.29 is 32.3 Å². The average molecular weight is 524 g/mol. The van der Waals surface area contributed by atoms with Gasteiger partial charge in [-0.2, -0.15) is 18.4 Å². The van der Waals surface area contributed by atoms with Crippen LogP contribution < -0.4 is 5.32 Å². The van der Waals surface area contributed by atoms with Crippen molar-refractivity contribution in [1.29, 1.82) is 5.26 Å². The number of hydrogen-bond donors (Lipinski definition) is 1. The molecule has 10 heteroatoms. The minimum atomic E-state index is -5.04. The fourth-order valence-corrected chi connectivity index (χ4v) is 6.17. The summed E-state index contributed by atoms with van der Waals surface area (Å²) in [5.74, 6) is -4.08. The van der Waals surface area contributed by atoms with Crippen molar-refractivity contribution in [3.63, 3.8) is 0 Å². The zero-order valence-corrected chi connectivity index (χ0v) is 21.7. The molecule has 1 spiro atoms. The van der Waals surface area contributed by atoms with Crippen molar-refractivity contribution in [1.82, 2.24) is 10.2 Å². The van der Waals surface area contributed by atoms with Gasteiger partial charge >= 0.3 is 6.18 Å². The highest BCUT2D eigenvalue weighted by atomic mass is 19.4. The van der Waals surface area contributed by atoms with Crippen molar-refractivity contribution >= 4 is 23.4 Å². The number of halogens is 3. The number of fused-ring (bicyclic) bond motifs is 1. The van der Waals surface area contributed by atoms with Crippen LogP contribution in [0.25, 0.3) is 0 Å². The molecule has 6 atom stereocenters. The van der Waals surface area contributed by atoms with Crippen LogP contribution in [-0.4, -0.2) is 53.1 Å². The quantitative estimate of drug-likeness (QED) is 0.544. The van der Waals surface area contributed by atoms with Crippen LogP contribution in [0.3, 0.4) is 0 Å². The van der Waals surface area contributed by atoms with E-state index in [4.69, 9.17) is 0 Å². The van der Waals surface area contributed by atoms with E-state index < -0.39 is 53.6 Å². The van der Waals surface area contributed by atoms with Gasteiger partial charge in [-0.05, 0) is 67.6 Å². The first kappa shape index (κ1) is 27.6. The first-order valence-electron chi connectivity index (χ1n) is 13.3. The van der Waals surface area contributed by atoms with E-state index in [1.807, 2.05) is 0 Å². The summed E-state index contributed by atoms with van der Waals surface area (Å²) in [5.41, 5.74) is -0.769. The lowest BCUT2D eigenvalue weighted by atomic mass is 9.76. The number of carbonyl (C=O) groups is 4. The van der Waals surface area contributed by atoms with E-state index in [0.717, 1.165) is 25.7 Å². The maximum absolute atomic E-state index is 13.6. The van der Waals surface area contributed by atoms with E-state index in [0.29, 0.717) is 19.3 Å². The third-order valence-corrected chi connectivity index (χ3v) is 9.01. The molecule has 7 nitrogen and oxygen atoms in total. The molecule has 0 unspecified atom stereocenters. The van der Waals surface area contributed by atoms with E-state index >= 15 is 0 Å². The summed E-state index contributed by atoms with van der Waals surface area (Å²) in [6.07, 6.45) is -0.277. The van der Waals surface area contributed by atoms with Gasteiger partial charge in [0, 0.05) is 25.3 Å². The standard InChI is InChI=1S/C27H36F3N3O4/c1-25(2,3)19(11-22(35)27(28,29)30)24(37)33-14-17-8-16(17)10-20(33)23(36)32-18(13-31)9-15-4-5-26(6-7-26)12-21(15)34/h15-20H,4-12,14H2,1-3H3,(H,32,36)/t15-,16+,17-,18-,19+,20-/m0/s1. The van der Waals surface area contributed by atoms with Gasteiger partial charge in [0.15, 0.2) is 0 Å². The van der Waals surface area contributed by atoms with E-state index in [1.54, 1.807) is 20.8 Å². The van der Waals surface area contributed by atoms with Crippen LogP contribution in [0.4, 0.5) is 13.2 Å². The number of Topliss-reactive ketones (excluding diaryl/α,β-unsaturated/α-hetero) is 2. The summed E-state index contributed by atoms with van der Waals surface area (Å²) in [5, 5.41) is 12.4. The largest absolute Gasteiger partial charge is 0.449 e. The van der Waals surface area contributed by atoms with Crippen LogP contribution in [0.2, 0.25) is 0 Å². The Balaban J connectivity index is 1.45. The third kappa shape index (κ3) is 6.18. The van der Waals surface area contributed by atoms with Gasteiger partial charge in [0.2, 0.25) is 17.6 Å². The molecule has 4 aliphatic rings. The molecule has 4 fully saturated rings. The minimum Gasteiger partial charge on any atom is -0.339 e. The number of nitriles is 1. The molecule has 204 valence electrons. The Hall–Kier alpha value is -2.44. The molecule has 1 heterocycles. The lowest BCUT2D eigenvalue weighted by Gasteiger charge is -2.40. The lowest BCUT2D eigenvalue weighted by molar-refractivity contribution is -0.174. The highest BCUT2D eigenvalue weighted by Gasteiger charge is 2.53. The minimum absolute atomic E-state index is 0.135. The summed E-state index contributed by atoms with van der Waals surface area (Å²) < 4.78 is 39.1. The fourth-order valence-electron chi connectivity index (χ4n) is 6.17. The van der Waals surface area contributed by atoms with E-state index in [-0.39, 0.29) is 41.9 Å². The second-order valence-corrected chi connectivity index (χ2v) is 12.8. The summed E-state index contributed by atoms with van der Waals surface area (Å²) >= 11 is 0. The predicted octanol–water partition coefficient (Wildman–Crippen LogP) is 3.96. The van der Waals surface area contributed by atoms with Gasteiger partial charge in [0.1, 0.15) is 17.9 Å². The molecule has 1 aliphatic heterocycles. The Morgan fingerprint density at radius 2 is 1.81 bits per heavy atom. The molecule has 0 radical (unpaired) electrons. The number of nitrogens with zero attached hydrogens (tertiary/aromatic N) is 2. The molecule has 37 heavy (non-hydrogen) atoms. The molecule has 3 saturated carbocycles. The molecule has 0 aromatic carbocycles. The van der Waals surface area contributed by atoms with Crippen LogP contribution in [0.5, 0.6) is 0 Å². The molecule has 3 aliphatic carbocycles. The third-order valence-electron chi connectivity index (χ3n) is 9.01. The molecule has 2 amide bonds. The van der Waals surface area contributed by atoms with Crippen molar-refractivity contribution in [2.45, 2.75) is 96.8 Å². The topological polar surface area (TPSA) is 107 Å². The van der Waals surface area contributed by atoms with Gasteiger partial charge in [-0.25, -0.2) is 0 Å². The number of alkyl halides is 3. The zero-order chi connectivity index (χ0) is 27.3. The second-order valence-electron chi connectivity index (χ2n) is 12.8. The van der Waals surface area contributed by atoms with Crippen LogP contribution in [0, 0.1) is 45.8 Å². The van der Waals surface area contributed by atoms with Crippen molar-refractivity contribution in [2.75, 3.05) is 6.54 Å². The number of carbonyl (C=O) groups excluding carboxylic acids is 4. The average Bonchev–Trinajstić information content (AvgIpc) is 3.72. The molecule has 4 rings (SSSR count). The van der Waals surface area contributed by atoms with Crippen LogP contribution in [0.15, 0.2) is 0 Å². The number of piperidine rings is 1. The number of likely N-dealkylation sites (tertiary alicyclic amines) is 1. The Kier molecular flexibility index (Phi) is 7.23. The van der Waals surface area contributed by atoms with Crippen molar-refractivity contribution in [2.24, 2.45) is 34.5 Å². The number of hydrogen-bond acceptors (Lipinski definition) is 5. The van der Waals surface area contributed by atoms with Gasteiger partial charge in [-0.3, -0.25) is 19.2 Å². The summed E-state index contributed by atoms with van der Waals surface area (Å²) in [7, 11) is 0. The van der Waals surface area contributed by atoms with Gasteiger partial charge in [0.25, 0.3) is 0 Å².